The van der Waals surface area contributed by atoms with E-state index >= 15 is 0 Å². The summed E-state index contributed by atoms with van der Waals surface area (Å²) in [5.41, 5.74) is 0. The molecular formula is C13H26N2O. The average Bonchev–Trinajstić information content (AvgIpc) is 2.63. The summed E-state index contributed by atoms with van der Waals surface area (Å²) in [4.78, 5) is 2.60. The number of ether oxygens (including phenoxy) is 1. The quantitative estimate of drug-likeness (QED) is 0.692. The molecule has 3 nitrogen and oxygen atoms in total. The van der Waals surface area contributed by atoms with Crippen molar-refractivity contribution in [2.24, 2.45) is 11.8 Å². The summed E-state index contributed by atoms with van der Waals surface area (Å²) in [6.07, 6.45) is 2.72. The molecule has 0 radical (unpaired) electrons. The van der Waals surface area contributed by atoms with E-state index in [1.54, 1.807) is 0 Å². The maximum atomic E-state index is 5.59. The van der Waals surface area contributed by atoms with E-state index in [2.05, 4.69) is 24.1 Å². The molecule has 3 heteroatoms. The molecule has 2 aliphatic heterocycles. The average molecular weight is 226 g/mol. The molecular weight excluding hydrogens is 200 g/mol. The highest BCUT2D eigenvalue weighted by Gasteiger charge is 2.33. The number of hydrogen-bond acceptors (Lipinski definition) is 3. The van der Waals surface area contributed by atoms with Gasteiger partial charge in [-0.2, -0.15) is 0 Å². The largest absolute Gasteiger partial charge is 0.380 e. The molecule has 0 aromatic carbocycles. The van der Waals surface area contributed by atoms with Gasteiger partial charge >= 0.3 is 0 Å². The highest BCUT2D eigenvalue weighted by atomic mass is 16.5. The molecule has 0 saturated carbocycles. The first-order valence-corrected chi connectivity index (χ1v) is 6.79. The lowest BCUT2D eigenvalue weighted by molar-refractivity contribution is 0.106. The zero-order chi connectivity index (χ0) is 11.4. The second kappa shape index (κ2) is 5.99. The fourth-order valence-electron chi connectivity index (χ4n) is 2.86. The van der Waals surface area contributed by atoms with Gasteiger partial charge in [0, 0.05) is 25.7 Å². The molecule has 2 bridgehead atoms. The highest BCUT2D eigenvalue weighted by Crippen LogP contribution is 2.26. The maximum Gasteiger partial charge on any atom is 0.0591 e. The Bertz CT molecular complexity index is 208. The molecule has 1 N–H and O–H groups in total. The van der Waals surface area contributed by atoms with Crippen LogP contribution in [-0.2, 0) is 4.74 Å². The van der Waals surface area contributed by atoms with E-state index in [1.807, 2.05) is 0 Å². The standard InChI is InChI=1S/C13H26N2O/c1-11(2)10-16-8-5-14-13-4-7-15-6-3-12(13)9-15/h11-14H,3-10H2,1-2H3. The summed E-state index contributed by atoms with van der Waals surface area (Å²) in [5.74, 6) is 1.55. The lowest BCUT2D eigenvalue weighted by Crippen LogP contribution is -2.44. The molecule has 0 aliphatic carbocycles. The molecule has 94 valence electrons. The van der Waals surface area contributed by atoms with Gasteiger partial charge in [0.25, 0.3) is 0 Å². The smallest absolute Gasteiger partial charge is 0.0591 e. The Morgan fingerprint density at radius 3 is 2.94 bits per heavy atom. The Balaban J connectivity index is 1.56. The van der Waals surface area contributed by atoms with Gasteiger partial charge in [-0.15, -0.1) is 0 Å². The van der Waals surface area contributed by atoms with Crippen molar-refractivity contribution in [3.8, 4) is 0 Å². The van der Waals surface area contributed by atoms with Gasteiger partial charge in [0.15, 0.2) is 0 Å². The molecule has 2 aliphatic rings. The first-order chi connectivity index (χ1) is 7.75. The van der Waals surface area contributed by atoms with E-state index in [1.165, 1.54) is 32.5 Å². The summed E-state index contributed by atoms with van der Waals surface area (Å²) < 4.78 is 5.59. The minimum atomic E-state index is 0.651. The first kappa shape index (κ1) is 12.3. The van der Waals surface area contributed by atoms with E-state index in [4.69, 9.17) is 4.74 Å². The second-order valence-electron chi connectivity index (χ2n) is 5.67. The summed E-state index contributed by atoms with van der Waals surface area (Å²) in [5, 5.41) is 3.67. The number of piperidine rings is 1. The highest BCUT2D eigenvalue weighted by molar-refractivity contribution is 4.90. The zero-order valence-electron chi connectivity index (χ0n) is 10.7. The molecule has 0 spiro atoms. The summed E-state index contributed by atoms with van der Waals surface area (Å²) >= 11 is 0. The molecule has 2 rings (SSSR count). The van der Waals surface area contributed by atoms with Crippen molar-refractivity contribution in [3.63, 3.8) is 0 Å². The molecule has 0 aromatic rings. The third kappa shape index (κ3) is 3.44. The topological polar surface area (TPSA) is 24.5 Å². The molecule has 16 heavy (non-hydrogen) atoms. The Hall–Kier alpha value is -0.120. The van der Waals surface area contributed by atoms with E-state index in [-0.39, 0.29) is 0 Å². The van der Waals surface area contributed by atoms with Crippen LogP contribution in [0.2, 0.25) is 0 Å². The van der Waals surface area contributed by atoms with Gasteiger partial charge in [0.05, 0.1) is 6.61 Å². The normalized spacial score (nSPS) is 33.6. The molecule has 2 fully saturated rings. The van der Waals surface area contributed by atoms with E-state index in [9.17, 15) is 0 Å². The summed E-state index contributed by atoms with van der Waals surface area (Å²) in [6.45, 7) is 11.1. The van der Waals surface area contributed by atoms with Crippen molar-refractivity contribution >= 4 is 0 Å². The Labute approximate surface area is 99.5 Å². The lowest BCUT2D eigenvalue weighted by Gasteiger charge is -2.31. The van der Waals surface area contributed by atoms with Crippen LogP contribution in [0.5, 0.6) is 0 Å². The molecule has 3 unspecified atom stereocenters. The summed E-state index contributed by atoms with van der Waals surface area (Å²) in [6, 6.07) is 0.751. The van der Waals surface area contributed by atoms with Gasteiger partial charge in [-0.25, -0.2) is 0 Å². The van der Waals surface area contributed by atoms with E-state index in [0.717, 1.165) is 31.7 Å². The van der Waals surface area contributed by atoms with Crippen LogP contribution in [0.1, 0.15) is 26.7 Å². The van der Waals surface area contributed by atoms with Crippen LogP contribution in [0, 0.1) is 11.8 Å². The predicted molar refractivity (Wildman–Crippen MR) is 66.6 cm³/mol. The Morgan fingerprint density at radius 1 is 1.31 bits per heavy atom. The van der Waals surface area contributed by atoms with Crippen LogP contribution in [0.4, 0.5) is 0 Å². The van der Waals surface area contributed by atoms with Crippen molar-refractivity contribution < 1.29 is 4.74 Å². The number of nitrogens with zero attached hydrogens (tertiary/aromatic N) is 1. The van der Waals surface area contributed by atoms with Gasteiger partial charge in [-0.3, -0.25) is 0 Å². The van der Waals surface area contributed by atoms with Gasteiger partial charge in [0.2, 0.25) is 0 Å². The van der Waals surface area contributed by atoms with Gasteiger partial charge in [-0.05, 0) is 37.8 Å². The lowest BCUT2D eigenvalue weighted by atomic mass is 9.94. The van der Waals surface area contributed by atoms with Crippen molar-refractivity contribution in [2.75, 3.05) is 39.4 Å². The number of hydrogen-bond donors (Lipinski definition) is 1. The van der Waals surface area contributed by atoms with Crippen LogP contribution in [0.3, 0.4) is 0 Å². The van der Waals surface area contributed by atoms with Crippen LogP contribution >= 0.6 is 0 Å². The maximum absolute atomic E-state index is 5.59. The zero-order valence-corrected chi connectivity index (χ0v) is 10.7. The molecule has 2 saturated heterocycles. The first-order valence-electron chi connectivity index (χ1n) is 6.79. The second-order valence-corrected chi connectivity index (χ2v) is 5.67. The van der Waals surface area contributed by atoms with Crippen LogP contribution in [-0.4, -0.2) is 50.3 Å². The van der Waals surface area contributed by atoms with Gasteiger partial charge < -0.3 is 15.0 Å². The third-order valence-corrected chi connectivity index (χ3v) is 3.74. The van der Waals surface area contributed by atoms with E-state index in [0.29, 0.717) is 5.92 Å². The number of fused-ring (bicyclic) bond motifs is 2. The molecule has 2 heterocycles. The van der Waals surface area contributed by atoms with Gasteiger partial charge in [-0.1, -0.05) is 13.8 Å². The third-order valence-electron chi connectivity index (χ3n) is 3.74. The van der Waals surface area contributed by atoms with E-state index < -0.39 is 0 Å². The fraction of sp³-hybridized carbons (Fsp3) is 1.00. The molecule has 0 aromatic heterocycles. The predicted octanol–water partition coefficient (Wildman–Crippen LogP) is 1.34. The van der Waals surface area contributed by atoms with Crippen LogP contribution in [0.15, 0.2) is 0 Å². The van der Waals surface area contributed by atoms with Crippen molar-refractivity contribution in [1.82, 2.24) is 10.2 Å². The van der Waals surface area contributed by atoms with Crippen LogP contribution < -0.4 is 5.32 Å². The number of nitrogens with one attached hydrogen (secondary N) is 1. The SMILES string of the molecule is CC(C)COCCNC1CCN2CCC1C2. The minimum Gasteiger partial charge on any atom is -0.380 e. The van der Waals surface area contributed by atoms with Crippen molar-refractivity contribution in [2.45, 2.75) is 32.7 Å². The molecule has 3 atom stereocenters. The Morgan fingerprint density at radius 2 is 2.12 bits per heavy atom. The summed E-state index contributed by atoms with van der Waals surface area (Å²) in [7, 11) is 0. The fourth-order valence-corrected chi connectivity index (χ4v) is 2.86. The van der Waals surface area contributed by atoms with Crippen LogP contribution in [0.25, 0.3) is 0 Å². The van der Waals surface area contributed by atoms with Crippen molar-refractivity contribution in [1.29, 1.82) is 0 Å². The Kier molecular flexibility index (Phi) is 4.62. The minimum absolute atomic E-state index is 0.651. The monoisotopic (exact) mass is 226 g/mol. The van der Waals surface area contributed by atoms with Crippen molar-refractivity contribution in [3.05, 3.63) is 0 Å². The number of rotatable bonds is 6. The molecule has 0 amide bonds. The van der Waals surface area contributed by atoms with Gasteiger partial charge in [0.1, 0.15) is 0 Å².